The molecule has 8 heteroatoms. The van der Waals surface area contributed by atoms with Crippen molar-refractivity contribution in [3.63, 3.8) is 0 Å². The Morgan fingerprint density at radius 3 is 2.84 bits per heavy atom. The Balaban J connectivity index is 2.00. The van der Waals surface area contributed by atoms with Crippen molar-refractivity contribution >= 4 is 23.5 Å². The largest absolute Gasteiger partial charge is 0.478 e. The molecule has 100 valence electrons. The second-order valence-corrected chi connectivity index (χ2v) is 3.99. The van der Waals surface area contributed by atoms with Crippen molar-refractivity contribution in [2.24, 2.45) is 0 Å². The molecule has 0 radical (unpaired) electrons. The number of carbonyl (C=O) groups is 3. The van der Waals surface area contributed by atoms with Crippen LogP contribution in [0.5, 0.6) is 0 Å². The lowest BCUT2D eigenvalue weighted by Gasteiger charge is -2.23. The minimum atomic E-state index is -1.12. The number of amides is 2. The Hall–Kier alpha value is -2.48. The fourth-order valence-electron chi connectivity index (χ4n) is 1.61. The first-order valence-corrected chi connectivity index (χ1v) is 5.55. The van der Waals surface area contributed by atoms with Crippen molar-refractivity contribution in [2.75, 3.05) is 18.4 Å². The standard InChI is InChI=1S/C11H12N4O4/c16-9-5-13-8(4-14-9)10(17)15-7-1-6(11(18)19)2-12-3-7/h1-3,8,13H,4-5H2,(H,14,16)(H,15,17)(H,18,19). The molecular weight excluding hydrogens is 252 g/mol. The lowest BCUT2D eigenvalue weighted by Crippen LogP contribution is -2.56. The van der Waals surface area contributed by atoms with E-state index in [0.717, 1.165) is 0 Å². The van der Waals surface area contributed by atoms with Gasteiger partial charge in [-0.15, -0.1) is 0 Å². The third kappa shape index (κ3) is 3.26. The average molecular weight is 264 g/mol. The number of piperazine rings is 1. The molecule has 1 aliphatic rings. The van der Waals surface area contributed by atoms with Crippen molar-refractivity contribution in [2.45, 2.75) is 6.04 Å². The monoisotopic (exact) mass is 264 g/mol. The van der Waals surface area contributed by atoms with E-state index in [-0.39, 0.29) is 30.5 Å². The number of nitrogens with one attached hydrogen (secondary N) is 3. The number of carboxylic acids is 1. The fraction of sp³-hybridized carbons (Fsp3) is 0.273. The summed E-state index contributed by atoms with van der Waals surface area (Å²) in [6.45, 7) is 0.266. The van der Waals surface area contributed by atoms with Gasteiger partial charge in [-0.3, -0.25) is 19.9 Å². The van der Waals surface area contributed by atoms with Crippen molar-refractivity contribution in [1.82, 2.24) is 15.6 Å². The van der Waals surface area contributed by atoms with E-state index < -0.39 is 12.0 Å². The number of carboxylic acid groups (broad SMARTS) is 1. The summed E-state index contributed by atoms with van der Waals surface area (Å²) in [4.78, 5) is 37.3. The maximum Gasteiger partial charge on any atom is 0.337 e. The van der Waals surface area contributed by atoms with Gasteiger partial charge in [0.05, 0.1) is 24.0 Å². The van der Waals surface area contributed by atoms with E-state index in [0.29, 0.717) is 5.69 Å². The van der Waals surface area contributed by atoms with Crippen LogP contribution in [0.1, 0.15) is 10.4 Å². The van der Waals surface area contributed by atoms with Crippen LogP contribution in [0.15, 0.2) is 18.5 Å². The summed E-state index contributed by atoms with van der Waals surface area (Å²) in [7, 11) is 0. The average Bonchev–Trinajstić information content (AvgIpc) is 2.39. The van der Waals surface area contributed by atoms with Gasteiger partial charge in [-0.25, -0.2) is 4.79 Å². The maximum atomic E-state index is 11.9. The Morgan fingerprint density at radius 1 is 1.42 bits per heavy atom. The molecule has 4 N–H and O–H groups in total. The third-order valence-corrected chi connectivity index (χ3v) is 2.58. The summed E-state index contributed by atoms with van der Waals surface area (Å²) in [5.74, 6) is -1.64. The molecule has 0 aliphatic carbocycles. The van der Waals surface area contributed by atoms with Crippen molar-refractivity contribution < 1.29 is 19.5 Å². The van der Waals surface area contributed by atoms with Crippen molar-refractivity contribution in [3.8, 4) is 0 Å². The lowest BCUT2D eigenvalue weighted by molar-refractivity contribution is -0.124. The van der Waals surface area contributed by atoms with Crippen LogP contribution < -0.4 is 16.0 Å². The van der Waals surface area contributed by atoms with Gasteiger partial charge < -0.3 is 15.7 Å². The molecule has 0 bridgehead atoms. The predicted molar refractivity (Wildman–Crippen MR) is 64.6 cm³/mol. The number of carbonyl (C=O) groups excluding carboxylic acids is 2. The minimum Gasteiger partial charge on any atom is -0.478 e. The van der Waals surface area contributed by atoms with Crippen LogP contribution in [-0.2, 0) is 9.59 Å². The highest BCUT2D eigenvalue weighted by Gasteiger charge is 2.23. The van der Waals surface area contributed by atoms with E-state index in [4.69, 9.17) is 5.11 Å². The van der Waals surface area contributed by atoms with Gasteiger partial charge in [0.2, 0.25) is 11.8 Å². The zero-order valence-corrected chi connectivity index (χ0v) is 9.84. The van der Waals surface area contributed by atoms with E-state index in [1.807, 2.05) is 0 Å². The molecule has 1 fully saturated rings. The Kier molecular flexibility index (Phi) is 3.71. The molecule has 1 unspecified atom stereocenters. The number of anilines is 1. The Bertz CT molecular complexity index is 521. The summed E-state index contributed by atoms with van der Waals surface area (Å²) < 4.78 is 0. The van der Waals surface area contributed by atoms with Gasteiger partial charge in [0, 0.05) is 12.7 Å². The van der Waals surface area contributed by atoms with Crippen LogP contribution in [0.25, 0.3) is 0 Å². The second-order valence-electron chi connectivity index (χ2n) is 3.99. The molecular formula is C11H12N4O4. The molecule has 0 aromatic carbocycles. The zero-order valence-electron chi connectivity index (χ0n) is 9.84. The van der Waals surface area contributed by atoms with E-state index in [2.05, 4.69) is 20.9 Å². The molecule has 19 heavy (non-hydrogen) atoms. The number of hydrogen-bond donors (Lipinski definition) is 4. The third-order valence-electron chi connectivity index (χ3n) is 2.58. The number of aromatic carboxylic acids is 1. The predicted octanol–water partition coefficient (Wildman–Crippen LogP) is -1.19. The van der Waals surface area contributed by atoms with E-state index in [1.54, 1.807) is 0 Å². The summed E-state index contributed by atoms with van der Waals surface area (Å²) in [5.41, 5.74) is 0.284. The van der Waals surface area contributed by atoms with Gasteiger partial charge in [0.1, 0.15) is 6.04 Å². The van der Waals surface area contributed by atoms with Crippen LogP contribution >= 0.6 is 0 Å². The molecule has 1 saturated heterocycles. The topological polar surface area (TPSA) is 120 Å². The van der Waals surface area contributed by atoms with Gasteiger partial charge in [-0.2, -0.15) is 0 Å². The second kappa shape index (κ2) is 5.44. The number of nitrogens with zero attached hydrogens (tertiary/aromatic N) is 1. The maximum absolute atomic E-state index is 11.9. The molecule has 1 atom stereocenters. The van der Waals surface area contributed by atoms with Gasteiger partial charge >= 0.3 is 5.97 Å². The number of pyridine rings is 1. The van der Waals surface area contributed by atoms with Gasteiger partial charge in [0.15, 0.2) is 0 Å². The summed E-state index contributed by atoms with van der Waals surface area (Å²) in [6, 6.07) is 0.764. The SMILES string of the molecule is O=C1CNC(C(=O)Nc2cncc(C(=O)O)c2)CN1. The molecule has 1 aromatic rings. The smallest absolute Gasteiger partial charge is 0.337 e. The number of rotatable bonds is 3. The highest BCUT2D eigenvalue weighted by atomic mass is 16.4. The van der Waals surface area contributed by atoms with E-state index in [1.165, 1.54) is 18.5 Å². The van der Waals surface area contributed by atoms with Crippen molar-refractivity contribution in [1.29, 1.82) is 0 Å². The normalized spacial score (nSPS) is 18.5. The Morgan fingerprint density at radius 2 is 2.21 bits per heavy atom. The summed E-state index contributed by atoms with van der Waals surface area (Å²) in [6.07, 6.45) is 2.54. The van der Waals surface area contributed by atoms with Gasteiger partial charge in [-0.1, -0.05) is 0 Å². The van der Waals surface area contributed by atoms with E-state index in [9.17, 15) is 14.4 Å². The molecule has 0 saturated carbocycles. The summed E-state index contributed by atoms with van der Waals surface area (Å²) >= 11 is 0. The summed E-state index contributed by atoms with van der Waals surface area (Å²) in [5, 5.41) is 16.7. The minimum absolute atomic E-state index is 0.0114. The number of aromatic nitrogens is 1. The van der Waals surface area contributed by atoms with Crippen LogP contribution in [0, 0.1) is 0 Å². The van der Waals surface area contributed by atoms with Crippen molar-refractivity contribution in [3.05, 3.63) is 24.0 Å². The molecule has 2 heterocycles. The number of hydrogen-bond acceptors (Lipinski definition) is 5. The first-order valence-electron chi connectivity index (χ1n) is 5.55. The molecule has 0 spiro atoms. The van der Waals surface area contributed by atoms with Crippen LogP contribution in [0.2, 0.25) is 0 Å². The van der Waals surface area contributed by atoms with Crippen LogP contribution in [0.4, 0.5) is 5.69 Å². The zero-order chi connectivity index (χ0) is 13.8. The fourth-order valence-corrected chi connectivity index (χ4v) is 1.61. The molecule has 8 nitrogen and oxygen atoms in total. The molecule has 1 aromatic heterocycles. The molecule has 2 rings (SSSR count). The first-order chi connectivity index (χ1) is 9.06. The highest BCUT2D eigenvalue weighted by Crippen LogP contribution is 2.09. The molecule has 1 aliphatic heterocycles. The first kappa shape index (κ1) is 13.0. The van der Waals surface area contributed by atoms with Gasteiger partial charge in [0.25, 0.3) is 0 Å². The highest BCUT2D eigenvalue weighted by molar-refractivity contribution is 5.97. The quantitative estimate of drug-likeness (QED) is 0.544. The lowest BCUT2D eigenvalue weighted by atomic mass is 10.2. The Labute approximate surface area is 108 Å². The van der Waals surface area contributed by atoms with Crippen LogP contribution in [0.3, 0.4) is 0 Å². The van der Waals surface area contributed by atoms with Gasteiger partial charge in [-0.05, 0) is 6.07 Å². The van der Waals surface area contributed by atoms with Crippen LogP contribution in [-0.4, -0.2) is 47.0 Å². The van der Waals surface area contributed by atoms with E-state index >= 15 is 0 Å². The molecule has 2 amide bonds.